The van der Waals surface area contributed by atoms with Crippen LogP contribution in [0.3, 0.4) is 0 Å². The number of amides is 2. The maximum absolute atomic E-state index is 14.3. The number of carbonyl (C=O) groups is 6. The number of nitrogens with zero attached hydrogens (tertiary/aromatic N) is 4. The highest BCUT2D eigenvalue weighted by Crippen LogP contribution is 2.37. The molecule has 58 heavy (non-hydrogen) atoms. The molecule has 0 aromatic heterocycles. The van der Waals surface area contributed by atoms with E-state index < -0.39 is 28.6 Å². The number of Topliss-reactive ketones (excluding diaryl/α,β-unsaturated/α-hetero) is 4. The van der Waals surface area contributed by atoms with Crippen LogP contribution >= 0.6 is 0 Å². The molecular weight excluding hydrogens is 735 g/mol. The second kappa shape index (κ2) is 29.6. The van der Waals surface area contributed by atoms with Gasteiger partial charge in [-0.15, -0.1) is 0 Å². The summed E-state index contributed by atoms with van der Waals surface area (Å²) in [5.74, 6) is -2.78. The molecule has 0 aliphatic carbocycles. The van der Waals surface area contributed by atoms with Gasteiger partial charge in [-0.25, -0.2) is 0 Å². The molecule has 0 bridgehead atoms. The fraction of sp³-hybridized carbons (Fsp3) is 0.867. The van der Waals surface area contributed by atoms with Crippen LogP contribution in [0.2, 0.25) is 0 Å². The quantitative estimate of drug-likeness (QED) is 0.0776. The van der Waals surface area contributed by atoms with Crippen LogP contribution in [-0.4, -0.2) is 162 Å². The third kappa shape index (κ3) is 24.5. The summed E-state index contributed by atoms with van der Waals surface area (Å²) in [6, 6.07) is 0. The zero-order chi connectivity index (χ0) is 44.5. The maximum Gasteiger partial charge on any atom is 0.223 e. The molecule has 13 nitrogen and oxygen atoms in total. The Morgan fingerprint density at radius 2 is 1.10 bits per heavy atom. The number of unbranched alkanes of at least 4 members (excludes halogenated alkanes) is 2. The first kappa shape index (κ1) is 55.4. The summed E-state index contributed by atoms with van der Waals surface area (Å²) >= 11 is 0. The minimum atomic E-state index is -1.03. The molecule has 0 saturated carbocycles. The maximum atomic E-state index is 14.3. The Morgan fingerprint density at radius 3 is 1.62 bits per heavy atom. The van der Waals surface area contributed by atoms with Gasteiger partial charge in [0, 0.05) is 107 Å². The third-order valence-electron chi connectivity index (χ3n) is 11.2. The van der Waals surface area contributed by atoms with E-state index in [9.17, 15) is 28.8 Å². The van der Waals surface area contributed by atoms with Crippen LogP contribution in [0.5, 0.6) is 0 Å². The topological polar surface area (TPSA) is 151 Å². The van der Waals surface area contributed by atoms with Crippen LogP contribution in [0, 0.1) is 28.6 Å². The number of hydrogen-bond donors (Lipinski definition) is 3. The van der Waals surface area contributed by atoms with E-state index in [-0.39, 0.29) is 73.6 Å². The van der Waals surface area contributed by atoms with Crippen molar-refractivity contribution in [1.82, 2.24) is 35.6 Å². The highest BCUT2D eigenvalue weighted by atomic mass is 16.2. The first-order valence-corrected chi connectivity index (χ1v) is 22.1. The Balaban J connectivity index is 6.23. The van der Waals surface area contributed by atoms with Gasteiger partial charge in [0.15, 0.2) is 0 Å². The SMILES string of the molecule is CCCCNCC(=O)C(CC(=O)NCCN(C)CCN(C)C)CC(C)(C)C(=O)CC(CC(C)(C)C(=O)C(CC)CC(=O)CCCC)C(=O)NCCN(C)CCN(C)C. The molecular formula is C45H87N7O6. The monoisotopic (exact) mass is 822 g/mol. The fourth-order valence-corrected chi connectivity index (χ4v) is 7.05. The Morgan fingerprint density at radius 1 is 0.569 bits per heavy atom. The summed E-state index contributed by atoms with van der Waals surface area (Å²) in [7, 11) is 12.1. The van der Waals surface area contributed by atoms with Crippen LogP contribution < -0.4 is 16.0 Å². The Hall–Kier alpha value is -2.58. The van der Waals surface area contributed by atoms with E-state index in [2.05, 4.69) is 42.5 Å². The van der Waals surface area contributed by atoms with Crippen LogP contribution in [-0.2, 0) is 28.8 Å². The van der Waals surface area contributed by atoms with Gasteiger partial charge in [-0.05, 0) is 80.9 Å². The van der Waals surface area contributed by atoms with Gasteiger partial charge in [0.1, 0.15) is 23.1 Å². The standard InChI is InChI=1S/C45H87N7O6/c1-14-17-19-38(53)29-35(16-3)42(57)45(6,7)33-37(43(58)48-22-24-52(13)28-26-50(10)11)30-40(55)44(4,5)32-36(39(54)34-46-20-18-15-2)31-41(56)47-21-23-51(12)27-25-49(8)9/h35-37,46H,14-34H2,1-13H3,(H,47,56)(H,48,58). The molecule has 0 fully saturated rings. The lowest BCUT2D eigenvalue weighted by Crippen LogP contribution is -2.43. The average Bonchev–Trinajstić information content (AvgIpc) is 3.14. The lowest BCUT2D eigenvalue weighted by atomic mass is 9.69. The summed E-state index contributed by atoms with van der Waals surface area (Å²) in [5.41, 5.74) is -2.00. The van der Waals surface area contributed by atoms with Crippen molar-refractivity contribution in [2.45, 2.75) is 119 Å². The number of carbonyl (C=O) groups excluding carboxylic acids is 6. The number of rotatable bonds is 36. The summed E-state index contributed by atoms with van der Waals surface area (Å²) in [6.07, 6.45) is 4.91. The number of hydrogen-bond acceptors (Lipinski definition) is 11. The fourth-order valence-electron chi connectivity index (χ4n) is 7.05. The van der Waals surface area contributed by atoms with Crippen molar-refractivity contribution < 1.29 is 28.8 Å². The molecule has 13 heteroatoms. The van der Waals surface area contributed by atoms with E-state index in [1.807, 2.05) is 70.0 Å². The van der Waals surface area contributed by atoms with Crippen LogP contribution in [0.15, 0.2) is 0 Å². The molecule has 0 heterocycles. The average molecular weight is 822 g/mol. The Bertz CT molecular complexity index is 1240. The summed E-state index contributed by atoms with van der Waals surface area (Å²) in [5, 5.41) is 9.23. The first-order valence-electron chi connectivity index (χ1n) is 22.1. The second-order valence-electron chi connectivity index (χ2n) is 18.6. The van der Waals surface area contributed by atoms with Gasteiger partial charge < -0.3 is 35.6 Å². The number of nitrogens with one attached hydrogen (secondary N) is 3. The molecule has 0 aromatic rings. The Kier molecular flexibility index (Phi) is 28.3. The van der Waals surface area contributed by atoms with Gasteiger partial charge in [-0.1, -0.05) is 61.3 Å². The van der Waals surface area contributed by atoms with Crippen molar-refractivity contribution >= 4 is 34.9 Å². The minimum absolute atomic E-state index is 0.0332. The van der Waals surface area contributed by atoms with E-state index >= 15 is 0 Å². The van der Waals surface area contributed by atoms with Gasteiger partial charge >= 0.3 is 0 Å². The molecule has 0 rings (SSSR count). The highest BCUT2D eigenvalue weighted by Gasteiger charge is 2.41. The van der Waals surface area contributed by atoms with Crippen molar-refractivity contribution in [2.24, 2.45) is 28.6 Å². The molecule has 0 radical (unpaired) electrons. The largest absolute Gasteiger partial charge is 0.355 e. The highest BCUT2D eigenvalue weighted by molar-refractivity contribution is 5.94. The van der Waals surface area contributed by atoms with E-state index in [0.717, 1.165) is 51.9 Å². The molecule has 0 aromatic carbocycles. The molecule has 2 amide bonds. The van der Waals surface area contributed by atoms with Crippen molar-refractivity contribution in [3.63, 3.8) is 0 Å². The zero-order valence-corrected chi connectivity index (χ0v) is 39.3. The smallest absolute Gasteiger partial charge is 0.223 e. The molecule has 3 unspecified atom stereocenters. The van der Waals surface area contributed by atoms with Crippen LogP contribution in [0.4, 0.5) is 0 Å². The molecule has 0 spiro atoms. The van der Waals surface area contributed by atoms with Gasteiger partial charge in [0.25, 0.3) is 0 Å². The van der Waals surface area contributed by atoms with Crippen LogP contribution in [0.25, 0.3) is 0 Å². The Labute approximate surface area is 353 Å². The van der Waals surface area contributed by atoms with Gasteiger partial charge in [0.05, 0.1) is 6.54 Å². The number of ketones is 4. The lowest BCUT2D eigenvalue weighted by Gasteiger charge is -2.33. The van der Waals surface area contributed by atoms with E-state index in [1.165, 1.54) is 0 Å². The summed E-state index contributed by atoms with van der Waals surface area (Å²) in [6.45, 7) is 19.6. The van der Waals surface area contributed by atoms with Crippen molar-refractivity contribution in [3.05, 3.63) is 0 Å². The molecule has 338 valence electrons. The lowest BCUT2D eigenvalue weighted by molar-refractivity contribution is -0.139. The van der Waals surface area contributed by atoms with Crippen LogP contribution in [0.1, 0.15) is 119 Å². The molecule has 0 aliphatic rings. The van der Waals surface area contributed by atoms with E-state index in [0.29, 0.717) is 45.6 Å². The van der Waals surface area contributed by atoms with Gasteiger partial charge in [-0.3, -0.25) is 28.8 Å². The summed E-state index contributed by atoms with van der Waals surface area (Å²) < 4.78 is 0. The van der Waals surface area contributed by atoms with Crippen molar-refractivity contribution in [2.75, 3.05) is 108 Å². The normalized spacial score (nSPS) is 13.9. The van der Waals surface area contributed by atoms with Gasteiger partial charge in [-0.2, -0.15) is 0 Å². The van der Waals surface area contributed by atoms with E-state index in [1.54, 1.807) is 13.8 Å². The second-order valence-corrected chi connectivity index (χ2v) is 18.6. The zero-order valence-electron chi connectivity index (χ0n) is 39.3. The third-order valence-corrected chi connectivity index (χ3v) is 11.2. The predicted octanol–water partition coefficient (Wildman–Crippen LogP) is 4.32. The van der Waals surface area contributed by atoms with Gasteiger partial charge in [0.2, 0.25) is 11.8 Å². The first-order chi connectivity index (χ1) is 27.1. The molecule has 3 atom stereocenters. The van der Waals surface area contributed by atoms with Crippen molar-refractivity contribution in [1.29, 1.82) is 0 Å². The van der Waals surface area contributed by atoms with Crippen molar-refractivity contribution in [3.8, 4) is 0 Å². The number of likely N-dealkylation sites (N-methyl/N-ethyl adjacent to an activating group) is 4. The molecule has 3 N–H and O–H groups in total. The molecule has 0 aliphatic heterocycles. The van der Waals surface area contributed by atoms with E-state index in [4.69, 9.17) is 0 Å². The molecule has 0 saturated heterocycles. The summed E-state index contributed by atoms with van der Waals surface area (Å²) in [4.78, 5) is 90.5. The minimum Gasteiger partial charge on any atom is -0.355 e. The predicted molar refractivity (Wildman–Crippen MR) is 237 cm³/mol.